The molecule has 5 heteroatoms. The molecule has 0 amide bonds. The summed E-state index contributed by atoms with van der Waals surface area (Å²) in [4.78, 5) is 5.15. The summed E-state index contributed by atoms with van der Waals surface area (Å²) in [6.07, 6.45) is 5.10. The van der Waals surface area contributed by atoms with Crippen LogP contribution in [0.25, 0.3) is 0 Å². The Kier molecular flexibility index (Phi) is 7.21. The Morgan fingerprint density at radius 2 is 1.65 bits per heavy atom. The van der Waals surface area contributed by atoms with Crippen LogP contribution < -0.4 is 4.74 Å². The number of nitriles is 1. The molecule has 1 aliphatic carbocycles. The summed E-state index contributed by atoms with van der Waals surface area (Å²) in [7, 11) is 0. The van der Waals surface area contributed by atoms with Crippen LogP contribution >= 0.6 is 0 Å². The molecule has 0 radical (unpaired) electrons. The zero-order chi connectivity index (χ0) is 21.5. The zero-order valence-corrected chi connectivity index (χ0v) is 18.2. The van der Waals surface area contributed by atoms with Gasteiger partial charge in [-0.25, -0.2) is 4.39 Å². The van der Waals surface area contributed by atoms with E-state index in [9.17, 15) is 9.65 Å². The second-order valence-electron chi connectivity index (χ2n) is 8.82. The van der Waals surface area contributed by atoms with Crippen LogP contribution in [0.5, 0.6) is 5.75 Å². The van der Waals surface area contributed by atoms with Gasteiger partial charge >= 0.3 is 0 Å². The average Bonchev–Trinajstić information content (AvgIpc) is 2.84. The van der Waals surface area contributed by atoms with Gasteiger partial charge in [-0.15, -0.1) is 0 Å². The number of ether oxygens (including phenoxy) is 1. The molecular weight excluding hydrogens is 389 g/mol. The maximum absolute atomic E-state index is 12.9. The van der Waals surface area contributed by atoms with Gasteiger partial charge in [0.1, 0.15) is 11.6 Å². The number of rotatable bonds is 7. The standard InChI is InChI=1S/C26H32FN3O/c27-23-7-9-25(10-8-23)31-20-4-15-29-16-18-30(19-17-29)24-11-13-26(21-28,14-12-24)22-5-2-1-3-6-22/h1-3,5-10,24H,4,11-20H2/t24-,26-. The Morgan fingerprint density at radius 1 is 0.968 bits per heavy atom. The van der Waals surface area contributed by atoms with Crippen molar-refractivity contribution < 1.29 is 9.13 Å². The lowest BCUT2D eigenvalue weighted by Gasteiger charge is -2.44. The Labute approximate surface area is 185 Å². The van der Waals surface area contributed by atoms with Gasteiger partial charge in [0.25, 0.3) is 0 Å². The molecule has 0 atom stereocenters. The van der Waals surface area contributed by atoms with Gasteiger partial charge in [0, 0.05) is 38.8 Å². The largest absolute Gasteiger partial charge is 0.494 e. The van der Waals surface area contributed by atoms with Crippen LogP contribution in [0, 0.1) is 17.1 Å². The van der Waals surface area contributed by atoms with Gasteiger partial charge in [0.15, 0.2) is 0 Å². The number of piperazine rings is 1. The summed E-state index contributed by atoms with van der Waals surface area (Å²) in [5.41, 5.74) is 0.882. The van der Waals surface area contributed by atoms with Crippen molar-refractivity contribution in [2.45, 2.75) is 43.6 Å². The van der Waals surface area contributed by atoms with Crippen LogP contribution in [-0.2, 0) is 5.41 Å². The molecule has 4 rings (SSSR count). The maximum atomic E-state index is 12.9. The highest BCUT2D eigenvalue weighted by Crippen LogP contribution is 2.40. The third-order valence-corrected chi connectivity index (χ3v) is 6.97. The van der Waals surface area contributed by atoms with Crippen LogP contribution in [0.3, 0.4) is 0 Å². The minimum Gasteiger partial charge on any atom is -0.494 e. The normalized spacial score (nSPS) is 25.1. The summed E-state index contributed by atoms with van der Waals surface area (Å²) in [6.45, 7) is 6.09. The van der Waals surface area contributed by atoms with Crippen LogP contribution in [0.2, 0.25) is 0 Å². The highest BCUT2D eigenvalue weighted by Gasteiger charge is 2.39. The topological polar surface area (TPSA) is 39.5 Å². The van der Waals surface area contributed by atoms with Crippen molar-refractivity contribution in [2.24, 2.45) is 0 Å². The van der Waals surface area contributed by atoms with Crippen molar-refractivity contribution in [2.75, 3.05) is 39.3 Å². The van der Waals surface area contributed by atoms with Gasteiger partial charge in [-0.2, -0.15) is 5.26 Å². The minimum absolute atomic E-state index is 0.235. The number of halogens is 1. The first kappa shape index (κ1) is 21.8. The fraction of sp³-hybridized carbons (Fsp3) is 0.500. The molecule has 31 heavy (non-hydrogen) atoms. The van der Waals surface area contributed by atoms with Crippen LogP contribution in [0.4, 0.5) is 4.39 Å². The van der Waals surface area contributed by atoms with E-state index < -0.39 is 0 Å². The Bertz CT molecular complexity index is 848. The van der Waals surface area contributed by atoms with Crippen molar-refractivity contribution in [1.82, 2.24) is 9.80 Å². The third kappa shape index (κ3) is 5.44. The number of hydrogen-bond acceptors (Lipinski definition) is 4. The summed E-state index contributed by atoms with van der Waals surface area (Å²) < 4.78 is 18.6. The minimum atomic E-state index is -0.301. The summed E-state index contributed by atoms with van der Waals surface area (Å²) in [5.74, 6) is 0.494. The second-order valence-corrected chi connectivity index (χ2v) is 8.82. The molecule has 2 aliphatic rings. The van der Waals surface area contributed by atoms with Crippen LogP contribution in [-0.4, -0.2) is 55.2 Å². The van der Waals surface area contributed by atoms with E-state index in [-0.39, 0.29) is 11.2 Å². The van der Waals surface area contributed by atoms with E-state index in [0.717, 1.165) is 70.6 Å². The molecule has 2 fully saturated rings. The number of benzene rings is 2. The summed E-state index contributed by atoms with van der Waals surface area (Å²) in [5, 5.41) is 9.92. The predicted molar refractivity (Wildman–Crippen MR) is 121 cm³/mol. The van der Waals surface area contributed by atoms with Gasteiger partial charge in [-0.1, -0.05) is 30.3 Å². The van der Waals surface area contributed by atoms with Gasteiger partial charge in [-0.3, -0.25) is 4.90 Å². The molecule has 0 bridgehead atoms. The lowest BCUT2D eigenvalue weighted by atomic mass is 9.69. The lowest BCUT2D eigenvalue weighted by molar-refractivity contribution is 0.0686. The number of hydrogen-bond donors (Lipinski definition) is 0. The lowest BCUT2D eigenvalue weighted by Crippen LogP contribution is -2.52. The van der Waals surface area contributed by atoms with E-state index in [0.29, 0.717) is 12.6 Å². The van der Waals surface area contributed by atoms with Crippen molar-refractivity contribution in [3.63, 3.8) is 0 Å². The van der Waals surface area contributed by atoms with Gasteiger partial charge in [0.05, 0.1) is 18.1 Å². The molecule has 1 aliphatic heterocycles. The smallest absolute Gasteiger partial charge is 0.123 e. The second kappa shape index (κ2) is 10.3. The molecule has 2 aromatic rings. The van der Waals surface area contributed by atoms with E-state index in [2.05, 4.69) is 28.0 Å². The Balaban J connectivity index is 1.17. The Morgan fingerprint density at radius 3 is 2.29 bits per heavy atom. The fourth-order valence-electron chi connectivity index (χ4n) is 5.04. The molecule has 1 saturated heterocycles. The average molecular weight is 422 g/mol. The quantitative estimate of drug-likeness (QED) is 0.612. The molecule has 0 N–H and O–H groups in total. The Hall–Kier alpha value is -2.42. The summed E-state index contributed by atoms with van der Waals surface area (Å²) >= 11 is 0. The molecule has 0 aromatic heterocycles. The molecule has 0 spiro atoms. The van der Waals surface area contributed by atoms with Crippen molar-refractivity contribution in [3.05, 3.63) is 66.0 Å². The molecule has 2 aromatic carbocycles. The first-order valence-electron chi connectivity index (χ1n) is 11.5. The van der Waals surface area contributed by atoms with Gasteiger partial charge in [-0.05, 0) is 61.9 Å². The zero-order valence-electron chi connectivity index (χ0n) is 18.2. The van der Waals surface area contributed by atoms with E-state index in [4.69, 9.17) is 4.74 Å². The first-order chi connectivity index (χ1) is 15.2. The monoisotopic (exact) mass is 421 g/mol. The molecule has 4 nitrogen and oxygen atoms in total. The maximum Gasteiger partial charge on any atom is 0.123 e. The van der Waals surface area contributed by atoms with E-state index in [1.165, 1.54) is 17.7 Å². The third-order valence-electron chi connectivity index (χ3n) is 6.97. The molecule has 164 valence electrons. The van der Waals surface area contributed by atoms with Crippen LogP contribution in [0.15, 0.2) is 54.6 Å². The van der Waals surface area contributed by atoms with E-state index in [1.54, 1.807) is 12.1 Å². The predicted octanol–water partition coefficient (Wildman–Crippen LogP) is 4.62. The van der Waals surface area contributed by atoms with Crippen molar-refractivity contribution >= 4 is 0 Å². The molecule has 1 heterocycles. The number of nitrogens with zero attached hydrogens (tertiary/aromatic N) is 3. The summed E-state index contributed by atoms with van der Waals surface area (Å²) in [6, 6.07) is 19.8. The first-order valence-corrected chi connectivity index (χ1v) is 11.5. The van der Waals surface area contributed by atoms with Crippen molar-refractivity contribution in [3.8, 4) is 11.8 Å². The van der Waals surface area contributed by atoms with E-state index >= 15 is 0 Å². The van der Waals surface area contributed by atoms with E-state index in [1.807, 2.05) is 18.2 Å². The van der Waals surface area contributed by atoms with Crippen LogP contribution in [0.1, 0.15) is 37.7 Å². The molecule has 0 unspecified atom stereocenters. The fourth-order valence-corrected chi connectivity index (χ4v) is 5.04. The molecule has 1 saturated carbocycles. The van der Waals surface area contributed by atoms with Crippen molar-refractivity contribution in [1.29, 1.82) is 5.26 Å². The van der Waals surface area contributed by atoms with Gasteiger partial charge < -0.3 is 9.64 Å². The SMILES string of the molecule is N#C[C@]1(c2ccccc2)CC[C@H](N2CCN(CCCOc3ccc(F)cc3)CC2)CC1. The molecular formula is C26H32FN3O. The van der Waals surface area contributed by atoms with Gasteiger partial charge in [0.2, 0.25) is 0 Å². The highest BCUT2D eigenvalue weighted by molar-refractivity contribution is 5.33. The highest BCUT2D eigenvalue weighted by atomic mass is 19.1.